The van der Waals surface area contributed by atoms with Crippen LogP contribution in [0.5, 0.6) is 0 Å². The molecular weight excluding hydrogens is 645 g/mol. The highest BCUT2D eigenvalue weighted by Gasteiger charge is 2.21. The van der Waals surface area contributed by atoms with Crippen LogP contribution in [0.15, 0.2) is 170 Å². The summed E-state index contributed by atoms with van der Waals surface area (Å²) >= 11 is 3.76. The van der Waals surface area contributed by atoms with Gasteiger partial charge < -0.3 is 9.47 Å². The van der Waals surface area contributed by atoms with Gasteiger partial charge in [-0.3, -0.25) is 0 Å². The van der Waals surface area contributed by atoms with Crippen molar-refractivity contribution in [2.75, 3.05) is 4.90 Å². The zero-order chi connectivity index (χ0) is 32.8. The monoisotopic (exact) mass is 672 g/mol. The molecule has 0 fully saturated rings. The van der Waals surface area contributed by atoms with Crippen molar-refractivity contribution < 1.29 is 0 Å². The molecule has 0 atom stereocenters. The molecular formula is C46H28N2S2. The molecule has 2 nitrogen and oxygen atoms in total. The average Bonchev–Trinajstić information content (AvgIpc) is 3.84. The maximum atomic E-state index is 2.45. The Kier molecular flexibility index (Phi) is 6.03. The lowest BCUT2D eigenvalue weighted by Crippen LogP contribution is -2.10. The summed E-state index contributed by atoms with van der Waals surface area (Å²) in [6, 6.07) is 62.5. The minimum absolute atomic E-state index is 1.12. The van der Waals surface area contributed by atoms with Crippen LogP contribution in [0.1, 0.15) is 0 Å². The molecule has 0 saturated heterocycles. The number of anilines is 3. The minimum Gasteiger partial charge on any atom is -0.310 e. The maximum absolute atomic E-state index is 2.45. The van der Waals surface area contributed by atoms with E-state index in [-0.39, 0.29) is 0 Å². The van der Waals surface area contributed by atoms with E-state index in [9.17, 15) is 0 Å². The van der Waals surface area contributed by atoms with E-state index in [1.165, 1.54) is 72.9 Å². The van der Waals surface area contributed by atoms with Crippen LogP contribution in [0.25, 0.3) is 78.6 Å². The summed E-state index contributed by atoms with van der Waals surface area (Å²) in [4.78, 5) is 2.43. The third-order valence-electron chi connectivity index (χ3n) is 10.1. The number of thiophene rings is 2. The molecule has 11 aromatic rings. The first-order valence-corrected chi connectivity index (χ1v) is 18.6. The quantitative estimate of drug-likeness (QED) is 0.181. The van der Waals surface area contributed by atoms with E-state index in [1.807, 2.05) is 22.7 Å². The number of nitrogens with zero attached hydrogens (tertiary/aromatic N) is 2. The van der Waals surface area contributed by atoms with Crippen molar-refractivity contribution >= 4 is 113 Å². The highest BCUT2D eigenvalue weighted by Crippen LogP contribution is 2.46. The van der Waals surface area contributed by atoms with Crippen LogP contribution in [0.3, 0.4) is 0 Å². The molecule has 234 valence electrons. The molecule has 0 N–H and O–H groups in total. The molecule has 0 bridgehead atoms. The number of aromatic nitrogens is 1. The molecule has 0 spiro atoms. The van der Waals surface area contributed by atoms with E-state index in [0.29, 0.717) is 0 Å². The molecule has 50 heavy (non-hydrogen) atoms. The van der Waals surface area contributed by atoms with Crippen LogP contribution in [-0.4, -0.2) is 4.57 Å². The molecule has 0 aliphatic rings. The number of fused-ring (bicyclic) bond motifs is 11. The number of para-hydroxylation sites is 1. The Morgan fingerprint density at radius 2 is 1.00 bits per heavy atom. The summed E-state index contributed by atoms with van der Waals surface area (Å²) in [6.45, 7) is 0. The van der Waals surface area contributed by atoms with Gasteiger partial charge in [0, 0.05) is 73.9 Å². The van der Waals surface area contributed by atoms with Crippen LogP contribution < -0.4 is 4.90 Å². The van der Waals surface area contributed by atoms with Gasteiger partial charge in [0.25, 0.3) is 0 Å². The zero-order valence-corrected chi connectivity index (χ0v) is 28.5. The van der Waals surface area contributed by atoms with Gasteiger partial charge in [-0.05, 0) is 83.6 Å². The standard InChI is InChI=1S/C46H28N2S2/c1-2-12-31(13-3-1)48-40-24-23-37-35-14-6-9-17-43(35)50-46(37)45(40)38-22-20-34(28-41(38)48)47(32-19-18-29-10-4-5-11-30(29)26-32)33-21-25-44-39(27-33)36-15-7-8-16-42(36)49-44/h1-28H. The van der Waals surface area contributed by atoms with E-state index < -0.39 is 0 Å². The van der Waals surface area contributed by atoms with Gasteiger partial charge in [-0.1, -0.05) is 97.1 Å². The Balaban J connectivity index is 1.22. The van der Waals surface area contributed by atoms with Crippen molar-refractivity contribution in [2.45, 2.75) is 0 Å². The third-order valence-corrected chi connectivity index (χ3v) is 12.5. The maximum Gasteiger partial charge on any atom is 0.0562 e. The van der Waals surface area contributed by atoms with E-state index in [0.717, 1.165) is 22.7 Å². The number of hydrogen-bond acceptors (Lipinski definition) is 3. The fourth-order valence-corrected chi connectivity index (χ4v) is 10.2. The molecule has 0 radical (unpaired) electrons. The lowest BCUT2D eigenvalue weighted by molar-refractivity contribution is 1.18. The SMILES string of the molecule is c1ccc(-n2c3cc(N(c4ccc5ccccc5c4)c4ccc5sc6ccccc6c5c4)ccc3c3c4sc5ccccc5c4ccc32)cc1. The van der Waals surface area contributed by atoms with Gasteiger partial charge in [-0.2, -0.15) is 0 Å². The van der Waals surface area contributed by atoms with Crippen molar-refractivity contribution in [1.29, 1.82) is 0 Å². The molecule has 3 heterocycles. The second-order valence-electron chi connectivity index (χ2n) is 13.0. The molecule has 11 rings (SSSR count). The Labute approximate surface area is 296 Å². The fourth-order valence-electron chi connectivity index (χ4n) is 7.88. The normalized spacial score (nSPS) is 12.0. The summed E-state index contributed by atoms with van der Waals surface area (Å²) in [5.74, 6) is 0. The second-order valence-corrected chi connectivity index (χ2v) is 15.1. The molecule has 0 saturated carbocycles. The van der Waals surface area contributed by atoms with Gasteiger partial charge in [0.2, 0.25) is 0 Å². The first kappa shape index (κ1) is 28.0. The van der Waals surface area contributed by atoms with Crippen molar-refractivity contribution in [3.05, 3.63) is 170 Å². The average molecular weight is 673 g/mol. The largest absolute Gasteiger partial charge is 0.310 e. The lowest BCUT2D eigenvalue weighted by Gasteiger charge is -2.26. The highest BCUT2D eigenvalue weighted by atomic mass is 32.1. The third kappa shape index (κ3) is 4.13. The Bertz CT molecular complexity index is 3110. The summed E-state index contributed by atoms with van der Waals surface area (Å²) in [7, 11) is 0. The summed E-state index contributed by atoms with van der Waals surface area (Å²) < 4.78 is 7.74. The fraction of sp³-hybridized carbons (Fsp3) is 0. The van der Waals surface area contributed by atoms with Gasteiger partial charge >= 0.3 is 0 Å². The molecule has 0 unspecified atom stereocenters. The van der Waals surface area contributed by atoms with Crippen LogP contribution in [0, 0.1) is 0 Å². The molecule has 0 amide bonds. The van der Waals surface area contributed by atoms with E-state index >= 15 is 0 Å². The number of hydrogen-bond donors (Lipinski definition) is 0. The summed E-state index contributed by atoms with van der Waals surface area (Å²) in [6.07, 6.45) is 0. The van der Waals surface area contributed by atoms with E-state index in [4.69, 9.17) is 0 Å². The Morgan fingerprint density at radius 1 is 0.380 bits per heavy atom. The van der Waals surface area contributed by atoms with Crippen LogP contribution >= 0.6 is 22.7 Å². The van der Waals surface area contributed by atoms with Gasteiger partial charge in [-0.25, -0.2) is 0 Å². The van der Waals surface area contributed by atoms with Gasteiger partial charge in [0.1, 0.15) is 0 Å². The van der Waals surface area contributed by atoms with Crippen molar-refractivity contribution in [2.24, 2.45) is 0 Å². The molecule has 8 aromatic carbocycles. The van der Waals surface area contributed by atoms with E-state index in [2.05, 4.69) is 179 Å². The topological polar surface area (TPSA) is 8.17 Å². The number of rotatable bonds is 4. The van der Waals surface area contributed by atoms with Crippen molar-refractivity contribution in [3.63, 3.8) is 0 Å². The number of benzene rings is 8. The minimum atomic E-state index is 1.12. The van der Waals surface area contributed by atoms with Crippen molar-refractivity contribution in [3.8, 4) is 5.69 Å². The Hall–Kier alpha value is -5.94. The molecule has 0 aliphatic heterocycles. The first-order valence-electron chi connectivity index (χ1n) is 16.9. The van der Waals surface area contributed by atoms with Gasteiger partial charge in [0.05, 0.1) is 11.0 Å². The predicted molar refractivity (Wildman–Crippen MR) is 219 cm³/mol. The molecule has 4 heteroatoms. The predicted octanol–water partition coefficient (Wildman–Crippen LogP) is 14.1. The van der Waals surface area contributed by atoms with Gasteiger partial charge in [-0.15, -0.1) is 22.7 Å². The highest BCUT2D eigenvalue weighted by molar-refractivity contribution is 7.27. The smallest absolute Gasteiger partial charge is 0.0562 e. The van der Waals surface area contributed by atoms with Crippen LogP contribution in [0.4, 0.5) is 17.1 Å². The van der Waals surface area contributed by atoms with Crippen LogP contribution in [-0.2, 0) is 0 Å². The second kappa shape index (κ2) is 10.8. The Morgan fingerprint density at radius 3 is 1.86 bits per heavy atom. The molecule has 0 aliphatic carbocycles. The summed E-state index contributed by atoms with van der Waals surface area (Å²) in [5, 5.41) is 10.3. The first-order chi connectivity index (χ1) is 24.8. The molecule has 3 aromatic heterocycles. The van der Waals surface area contributed by atoms with Crippen LogP contribution in [0.2, 0.25) is 0 Å². The van der Waals surface area contributed by atoms with E-state index in [1.54, 1.807) is 0 Å². The zero-order valence-electron chi connectivity index (χ0n) is 26.9. The lowest BCUT2D eigenvalue weighted by atomic mass is 10.1. The van der Waals surface area contributed by atoms with Crippen molar-refractivity contribution in [1.82, 2.24) is 4.57 Å². The van der Waals surface area contributed by atoms with Gasteiger partial charge in [0.15, 0.2) is 0 Å². The summed E-state index contributed by atoms with van der Waals surface area (Å²) in [5.41, 5.74) is 6.99.